The van der Waals surface area contributed by atoms with E-state index in [-0.39, 0.29) is 12.2 Å². The Bertz CT molecular complexity index is 601. The van der Waals surface area contributed by atoms with Gasteiger partial charge in [0.1, 0.15) is 11.9 Å². The Hall–Kier alpha value is -1.75. The van der Waals surface area contributed by atoms with Gasteiger partial charge in [0.05, 0.1) is 6.61 Å². The minimum atomic E-state index is -0.346. The fourth-order valence-electron chi connectivity index (χ4n) is 4.33. The zero-order valence-corrected chi connectivity index (χ0v) is 17.3. The predicted molar refractivity (Wildman–Crippen MR) is 113 cm³/mol. The van der Waals surface area contributed by atoms with Crippen LogP contribution in [0.25, 0.3) is 0 Å². The van der Waals surface area contributed by atoms with Gasteiger partial charge < -0.3 is 14.4 Å². The largest absolute Gasteiger partial charge is 0.494 e. The van der Waals surface area contributed by atoms with Crippen molar-refractivity contribution in [3.63, 3.8) is 0 Å². The van der Waals surface area contributed by atoms with Crippen LogP contribution in [0.3, 0.4) is 0 Å². The van der Waals surface area contributed by atoms with Crippen molar-refractivity contribution in [2.75, 3.05) is 31.6 Å². The maximum Gasteiger partial charge on any atom is 0.411 e. The first-order valence-electron chi connectivity index (χ1n) is 11.2. The van der Waals surface area contributed by atoms with Gasteiger partial charge in [0.25, 0.3) is 0 Å². The zero-order valence-electron chi connectivity index (χ0n) is 17.3. The van der Waals surface area contributed by atoms with Gasteiger partial charge in [-0.05, 0) is 63.7 Å². The molecule has 0 aromatic heterocycles. The lowest BCUT2D eigenvalue weighted by Crippen LogP contribution is -2.38. The molecule has 0 spiro atoms. The zero-order chi connectivity index (χ0) is 19.6. The van der Waals surface area contributed by atoms with Crippen LogP contribution in [0.4, 0.5) is 10.5 Å². The molecule has 1 amide bonds. The minimum absolute atomic E-state index is 0.0304. The molecule has 5 nitrogen and oxygen atoms in total. The van der Waals surface area contributed by atoms with Gasteiger partial charge in [-0.15, -0.1) is 0 Å². The van der Waals surface area contributed by atoms with Crippen LogP contribution in [0.2, 0.25) is 0 Å². The van der Waals surface area contributed by atoms with Crippen molar-refractivity contribution in [2.45, 2.75) is 70.8 Å². The lowest BCUT2D eigenvalue weighted by atomic mass is 9.86. The number of likely N-dealkylation sites (tertiary alicyclic amines) is 1. The molecule has 1 aromatic rings. The van der Waals surface area contributed by atoms with Crippen LogP contribution in [0.5, 0.6) is 5.75 Å². The number of hydrogen-bond donors (Lipinski definition) is 1. The Balaban J connectivity index is 1.48. The maximum absolute atomic E-state index is 12.5. The van der Waals surface area contributed by atoms with Crippen molar-refractivity contribution in [1.82, 2.24) is 4.90 Å². The van der Waals surface area contributed by atoms with Crippen LogP contribution in [0.15, 0.2) is 24.3 Å². The lowest BCUT2D eigenvalue weighted by molar-refractivity contribution is 0.0327. The summed E-state index contributed by atoms with van der Waals surface area (Å²) in [4.78, 5) is 15.0. The SMILES string of the molecule is CCCCCOc1cccc(NC(=O)O[C@@H]2CCCC[C@H]2CN2CCCC2)c1. The molecule has 1 heterocycles. The molecule has 28 heavy (non-hydrogen) atoms. The number of nitrogens with zero attached hydrogens (tertiary/aromatic N) is 1. The Kier molecular flexibility index (Phi) is 8.46. The van der Waals surface area contributed by atoms with Gasteiger partial charge in [-0.25, -0.2) is 4.79 Å². The summed E-state index contributed by atoms with van der Waals surface area (Å²) in [6.07, 6.45) is 10.2. The number of unbranched alkanes of at least 4 members (excludes halogenated alkanes) is 2. The van der Waals surface area contributed by atoms with E-state index < -0.39 is 0 Å². The summed E-state index contributed by atoms with van der Waals surface area (Å²) in [6, 6.07) is 7.58. The molecule has 2 aliphatic rings. The van der Waals surface area contributed by atoms with Gasteiger partial charge >= 0.3 is 6.09 Å². The number of anilines is 1. The predicted octanol–water partition coefficient (Wildman–Crippen LogP) is 5.46. The molecule has 1 aliphatic carbocycles. The molecule has 156 valence electrons. The number of hydrogen-bond acceptors (Lipinski definition) is 4. The summed E-state index contributed by atoms with van der Waals surface area (Å²) in [5, 5.41) is 2.89. The van der Waals surface area contributed by atoms with E-state index in [9.17, 15) is 4.79 Å². The van der Waals surface area contributed by atoms with Crippen LogP contribution in [-0.2, 0) is 4.74 Å². The number of ether oxygens (including phenoxy) is 2. The molecule has 1 aromatic carbocycles. The highest BCUT2D eigenvalue weighted by atomic mass is 16.6. The van der Waals surface area contributed by atoms with Crippen molar-refractivity contribution in [2.24, 2.45) is 5.92 Å². The topological polar surface area (TPSA) is 50.8 Å². The third kappa shape index (κ3) is 6.69. The third-order valence-corrected chi connectivity index (χ3v) is 5.89. The summed E-state index contributed by atoms with van der Waals surface area (Å²) in [6.45, 7) is 6.35. The summed E-state index contributed by atoms with van der Waals surface area (Å²) >= 11 is 0. The molecule has 1 saturated carbocycles. The standard InChI is InChI=1S/C23H36N2O3/c1-2-3-8-16-27-21-12-9-11-20(17-21)24-23(26)28-22-13-5-4-10-19(22)18-25-14-6-7-15-25/h9,11-12,17,19,22H,2-8,10,13-16,18H2,1H3,(H,24,26)/t19-,22+/m0/s1. The molecule has 0 radical (unpaired) electrons. The number of benzene rings is 1. The van der Waals surface area contributed by atoms with Crippen LogP contribution in [0.1, 0.15) is 64.7 Å². The van der Waals surface area contributed by atoms with Crippen molar-refractivity contribution >= 4 is 11.8 Å². The second kappa shape index (κ2) is 11.3. The van der Waals surface area contributed by atoms with Crippen LogP contribution in [-0.4, -0.2) is 43.3 Å². The monoisotopic (exact) mass is 388 g/mol. The molecule has 3 rings (SSSR count). The summed E-state index contributed by atoms with van der Waals surface area (Å²) in [5.74, 6) is 1.25. The summed E-state index contributed by atoms with van der Waals surface area (Å²) in [7, 11) is 0. The highest BCUT2D eigenvalue weighted by Gasteiger charge is 2.30. The van der Waals surface area contributed by atoms with Crippen molar-refractivity contribution in [1.29, 1.82) is 0 Å². The first-order valence-corrected chi connectivity index (χ1v) is 11.2. The number of carbonyl (C=O) groups is 1. The molecule has 0 unspecified atom stereocenters. The fraction of sp³-hybridized carbons (Fsp3) is 0.696. The van der Waals surface area contributed by atoms with Crippen LogP contribution >= 0.6 is 0 Å². The second-order valence-electron chi connectivity index (χ2n) is 8.20. The van der Waals surface area contributed by atoms with Gasteiger partial charge in [-0.3, -0.25) is 5.32 Å². The highest BCUT2D eigenvalue weighted by molar-refractivity contribution is 5.85. The minimum Gasteiger partial charge on any atom is -0.494 e. The average molecular weight is 389 g/mol. The fourth-order valence-corrected chi connectivity index (χ4v) is 4.33. The number of nitrogens with one attached hydrogen (secondary N) is 1. The van der Waals surface area contributed by atoms with E-state index in [0.29, 0.717) is 12.5 Å². The number of amides is 1. The lowest BCUT2D eigenvalue weighted by Gasteiger charge is -2.33. The number of rotatable bonds is 9. The van der Waals surface area contributed by atoms with Crippen LogP contribution < -0.4 is 10.1 Å². The van der Waals surface area contributed by atoms with Gasteiger partial charge in [0.2, 0.25) is 0 Å². The summed E-state index contributed by atoms with van der Waals surface area (Å²) in [5.41, 5.74) is 0.727. The summed E-state index contributed by atoms with van der Waals surface area (Å²) < 4.78 is 11.6. The van der Waals surface area contributed by atoms with E-state index in [2.05, 4.69) is 17.1 Å². The molecular formula is C23H36N2O3. The van der Waals surface area contributed by atoms with Gasteiger partial charge in [-0.2, -0.15) is 0 Å². The second-order valence-corrected chi connectivity index (χ2v) is 8.20. The Labute approximate surface area is 169 Å². The first kappa shape index (κ1) is 21.0. The quantitative estimate of drug-likeness (QED) is 0.571. The molecule has 5 heteroatoms. The average Bonchev–Trinajstić information content (AvgIpc) is 3.20. The van der Waals surface area contributed by atoms with Gasteiger partial charge in [0, 0.05) is 24.2 Å². The Morgan fingerprint density at radius 3 is 2.79 bits per heavy atom. The molecule has 2 fully saturated rings. The van der Waals surface area contributed by atoms with Crippen molar-refractivity contribution in [3.8, 4) is 5.75 Å². The van der Waals surface area contributed by atoms with E-state index in [1.165, 1.54) is 45.2 Å². The van der Waals surface area contributed by atoms with Crippen LogP contribution in [0, 0.1) is 5.92 Å². The van der Waals surface area contributed by atoms with E-state index in [4.69, 9.17) is 9.47 Å². The van der Waals surface area contributed by atoms with Crippen molar-refractivity contribution in [3.05, 3.63) is 24.3 Å². The smallest absolute Gasteiger partial charge is 0.411 e. The Morgan fingerprint density at radius 2 is 1.96 bits per heavy atom. The molecule has 1 aliphatic heterocycles. The molecular weight excluding hydrogens is 352 g/mol. The van der Waals surface area contributed by atoms with E-state index >= 15 is 0 Å². The molecule has 2 atom stereocenters. The molecule has 1 N–H and O–H groups in total. The van der Waals surface area contributed by atoms with E-state index in [1.807, 2.05) is 24.3 Å². The first-order chi connectivity index (χ1) is 13.7. The number of carbonyl (C=O) groups excluding carboxylic acids is 1. The van der Waals surface area contributed by atoms with E-state index in [0.717, 1.165) is 43.7 Å². The van der Waals surface area contributed by atoms with Crippen molar-refractivity contribution < 1.29 is 14.3 Å². The van der Waals surface area contributed by atoms with E-state index in [1.54, 1.807) is 0 Å². The highest BCUT2D eigenvalue weighted by Crippen LogP contribution is 2.29. The molecule has 0 bridgehead atoms. The van der Waals surface area contributed by atoms with Gasteiger partial charge in [-0.1, -0.05) is 32.3 Å². The normalized spacial score (nSPS) is 22.8. The maximum atomic E-state index is 12.5. The van der Waals surface area contributed by atoms with Gasteiger partial charge in [0.15, 0.2) is 0 Å². The molecule has 1 saturated heterocycles. The Morgan fingerprint density at radius 1 is 1.14 bits per heavy atom. The third-order valence-electron chi connectivity index (χ3n) is 5.89.